The third-order valence-electron chi connectivity index (χ3n) is 5.86. The van der Waals surface area contributed by atoms with Crippen LogP contribution in [0.4, 0.5) is 11.4 Å². The average Bonchev–Trinajstić information content (AvgIpc) is 3.46. The first-order valence-electron chi connectivity index (χ1n) is 10.8. The zero-order valence-electron chi connectivity index (χ0n) is 18.6. The molecule has 2 atom stereocenters. The molecule has 0 bridgehead atoms. The minimum absolute atomic E-state index is 0.185. The molecular formula is C26H22Cl2N4OS. The summed E-state index contributed by atoms with van der Waals surface area (Å²) in [5.74, 6) is 1.47. The van der Waals surface area contributed by atoms with Crippen molar-refractivity contribution in [3.63, 3.8) is 0 Å². The molecular weight excluding hydrogens is 487 g/mol. The lowest BCUT2D eigenvalue weighted by Gasteiger charge is -2.26. The van der Waals surface area contributed by atoms with E-state index in [1.54, 1.807) is 18.3 Å². The van der Waals surface area contributed by atoms with Gasteiger partial charge in [-0.05, 0) is 78.9 Å². The van der Waals surface area contributed by atoms with E-state index < -0.39 is 0 Å². The standard InChI is InChI=1S/C26H22Cl2N4OS/c1-31(2)17-7-9-18(10-8-17)32-25(24(30-26(32)34)21-5-3-4-14-29-21)23-13-12-22(33-23)16-6-11-19(27)20(28)15-16/h3-15,24-25H,1-2H3,(H,30,34)/t24-,25+/m1/s1. The molecule has 0 spiro atoms. The van der Waals surface area contributed by atoms with Crippen molar-refractivity contribution in [2.24, 2.45) is 0 Å². The molecule has 2 aromatic carbocycles. The largest absolute Gasteiger partial charge is 0.459 e. The minimum atomic E-state index is -0.232. The zero-order chi connectivity index (χ0) is 23.8. The zero-order valence-corrected chi connectivity index (χ0v) is 20.9. The van der Waals surface area contributed by atoms with E-state index in [9.17, 15) is 0 Å². The highest BCUT2D eigenvalue weighted by molar-refractivity contribution is 7.80. The predicted molar refractivity (Wildman–Crippen MR) is 143 cm³/mol. The van der Waals surface area contributed by atoms with Crippen molar-refractivity contribution in [2.75, 3.05) is 23.9 Å². The maximum Gasteiger partial charge on any atom is 0.174 e. The van der Waals surface area contributed by atoms with Gasteiger partial charge >= 0.3 is 0 Å². The fraction of sp³-hybridized carbons (Fsp3) is 0.154. The summed E-state index contributed by atoms with van der Waals surface area (Å²) in [6.45, 7) is 0. The van der Waals surface area contributed by atoms with Crippen molar-refractivity contribution in [1.82, 2.24) is 10.3 Å². The molecule has 5 rings (SSSR count). The van der Waals surface area contributed by atoms with Crippen LogP contribution in [0.25, 0.3) is 11.3 Å². The molecule has 1 fully saturated rings. The Bertz CT molecular complexity index is 1320. The predicted octanol–water partition coefficient (Wildman–Crippen LogP) is 6.89. The number of nitrogens with zero attached hydrogens (tertiary/aromatic N) is 3. The summed E-state index contributed by atoms with van der Waals surface area (Å²) in [5, 5.41) is 5.06. The van der Waals surface area contributed by atoms with Crippen molar-refractivity contribution in [3.05, 3.63) is 100 Å². The molecule has 34 heavy (non-hydrogen) atoms. The van der Waals surface area contributed by atoms with E-state index in [1.807, 2.05) is 50.5 Å². The quantitative estimate of drug-likeness (QED) is 0.296. The number of rotatable bonds is 5. The normalized spacial score (nSPS) is 17.6. The van der Waals surface area contributed by atoms with Gasteiger partial charge in [0.2, 0.25) is 0 Å². The van der Waals surface area contributed by atoms with Crippen molar-refractivity contribution < 1.29 is 4.42 Å². The SMILES string of the molecule is CN(C)c1ccc(N2C(=S)N[C@H](c3ccccn3)[C@@H]2c2ccc(-c3ccc(Cl)c(Cl)c3)o2)cc1. The number of hydrogen-bond acceptors (Lipinski definition) is 4. The second-order valence-corrected chi connectivity index (χ2v) is 9.44. The van der Waals surface area contributed by atoms with Gasteiger partial charge in [0, 0.05) is 37.2 Å². The molecule has 8 heteroatoms. The van der Waals surface area contributed by atoms with Crippen LogP contribution in [0.2, 0.25) is 10.0 Å². The molecule has 1 aliphatic heterocycles. The van der Waals surface area contributed by atoms with Crippen LogP contribution in [-0.2, 0) is 0 Å². The Kier molecular flexibility index (Phi) is 6.21. The Morgan fingerprint density at radius 1 is 0.971 bits per heavy atom. The number of nitrogens with one attached hydrogen (secondary N) is 1. The Morgan fingerprint density at radius 3 is 2.44 bits per heavy atom. The number of benzene rings is 2. The summed E-state index contributed by atoms with van der Waals surface area (Å²) in [6.07, 6.45) is 1.79. The van der Waals surface area contributed by atoms with E-state index in [2.05, 4.69) is 44.4 Å². The van der Waals surface area contributed by atoms with Gasteiger partial charge in [0.1, 0.15) is 17.6 Å². The number of halogens is 2. The smallest absolute Gasteiger partial charge is 0.174 e. The first kappa shape index (κ1) is 22.7. The molecule has 2 aromatic heterocycles. The molecule has 5 nitrogen and oxygen atoms in total. The van der Waals surface area contributed by atoms with Gasteiger partial charge in [-0.3, -0.25) is 4.98 Å². The van der Waals surface area contributed by atoms with E-state index in [-0.39, 0.29) is 12.1 Å². The van der Waals surface area contributed by atoms with Gasteiger partial charge in [0.25, 0.3) is 0 Å². The van der Waals surface area contributed by atoms with E-state index in [0.29, 0.717) is 20.9 Å². The molecule has 1 saturated heterocycles. The summed E-state index contributed by atoms with van der Waals surface area (Å²) >= 11 is 18.1. The molecule has 1 N–H and O–H groups in total. The summed E-state index contributed by atoms with van der Waals surface area (Å²) in [6, 6.07) is 23.1. The van der Waals surface area contributed by atoms with Gasteiger partial charge in [0.05, 0.1) is 21.8 Å². The molecule has 0 aliphatic carbocycles. The monoisotopic (exact) mass is 508 g/mol. The number of furan rings is 1. The summed E-state index contributed by atoms with van der Waals surface area (Å²) in [5.41, 5.74) is 3.82. The third kappa shape index (κ3) is 4.25. The molecule has 0 unspecified atom stereocenters. The van der Waals surface area contributed by atoms with Gasteiger partial charge in [-0.2, -0.15) is 0 Å². The minimum Gasteiger partial charge on any atom is -0.459 e. The second-order valence-electron chi connectivity index (χ2n) is 8.24. The van der Waals surface area contributed by atoms with Crippen molar-refractivity contribution in [3.8, 4) is 11.3 Å². The molecule has 1 aliphatic rings. The van der Waals surface area contributed by atoms with Crippen LogP contribution in [-0.4, -0.2) is 24.2 Å². The lowest BCUT2D eigenvalue weighted by atomic mass is 10.0. The number of thiocarbonyl (C=S) groups is 1. The molecule has 3 heterocycles. The Hall–Kier alpha value is -3.06. The van der Waals surface area contributed by atoms with Crippen LogP contribution >= 0.6 is 35.4 Å². The van der Waals surface area contributed by atoms with Crippen molar-refractivity contribution in [1.29, 1.82) is 0 Å². The maximum absolute atomic E-state index is 6.38. The first-order valence-corrected chi connectivity index (χ1v) is 11.9. The fourth-order valence-electron chi connectivity index (χ4n) is 4.15. The third-order valence-corrected chi connectivity index (χ3v) is 6.92. The van der Waals surface area contributed by atoms with Crippen LogP contribution in [0.1, 0.15) is 23.5 Å². The van der Waals surface area contributed by atoms with Crippen LogP contribution in [0.15, 0.2) is 83.4 Å². The number of hydrogen-bond donors (Lipinski definition) is 1. The lowest BCUT2D eigenvalue weighted by Crippen LogP contribution is -2.29. The van der Waals surface area contributed by atoms with Gasteiger partial charge in [-0.15, -0.1) is 0 Å². The highest BCUT2D eigenvalue weighted by Gasteiger charge is 2.42. The molecule has 172 valence electrons. The van der Waals surface area contributed by atoms with Crippen LogP contribution < -0.4 is 15.1 Å². The van der Waals surface area contributed by atoms with Crippen molar-refractivity contribution in [2.45, 2.75) is 12.1 Å². The Morgan fingerprint density at radius 2 is 1.76 bits per heavy atom. The summed E-state index contributed by atoms with van der Waals surface area (Å²) < 4.78 is 6.38. The van der Waals surface area contributed by atoms with E-state index in [4.69, 9.17) is 39.8 Å². The van der Waals surface area contributed by atoms with E-state index in [0.717, 1.165) is 28.4 Å². The van der Waals surface area contributed by atoms with Crippen LogP contribution in [0, 0.1) is 0 Å². The second kappa shape index (κ2) is 9.29. The Labute approximate surface area is 213 Å². The highest BCUT2D eigenvalue weighted by Crippen LogP contribution is 2.43. The molecule has 4 aromatic rings. The van der Waals surface area contributed by atoms with E-state index in [1.165, 1.54) is 0 Å². The lowest BCUT2D eigenvalue weighted by molar-refractivity contribution is 0.439. The van der Waals surface area contributed by atoms with Gasteiger partial charge < -0.3 is 19.5 Å². The highest BCUT2D eigenvalue weighted by atomic mass is 35.5. The van der Waals surface area contributed by atoms with E-state index >= 15 is 0 Å². The van der Waals surface area contributed by atoms with Crippen molar-refractivity contribution >= 4 is 51.9 Å². The number of pyridine rings is 1. The average molecular weight is 509 g/mol. The Balaban J connectivity index is 1.57. The van der Waals surface area contributed by atoms with Crippen LogP contribution in [0.3, 0.4) is 0 Å². The summed E-state index contributed by atoms with van der Waals surface area (Å²) in [7, 11) is 4.04. The van der Waals surface area contributed by atoms with Gasteiger partial charge in [0.15, 0.2) is 5.11 Å². The number of anilines is 2. The molecule has 0 radical (unpaired) electrons. The maximum atomic E-state index is 6.38. The van der Waals surface area contributed by atoms with Crippen LogP contribution in [0.5, 0.6) is 0 Å². The fourth-order valence-corrected chi connectivity index (χ4v) is 4.79. The molecule has 0 amide bonds. The van der Waals surface area contributed by atoms with Gasteiger partial charge in [-0.1, -0.05) is 29.3 Å². The first-order chi connectivity index (χ1) is 16.4. The molecule has 0 saturated carbocycles. The number of aromatic nitrogens is 1. The summed E-state index contributed by atoms with van der Waals surface area (Å²) in [4.78, 5) is 8.75. The topological polar surface area (TPSA) is 44.5 Å². The van der Waals surface area contributed by atoms with Gasteiger partial charge in [-0.25, -0.2) is 0 Å².